The van der Waals surface area contributed by atoms with Crippen LogP contribution in [0.1, 0.15) is 94.6 Å². The molecule has 2 aromatic rings. The summed E-state index contributed by atoms with van der Waals surface area (Å²) in [6, 6.07) is 23.2. The molecule has 0 bridgehead atoms. The van der Waals surface area contributed by atoms with Gasteiger partial charge in [0.1, 0.15) is 0 Å². The molecule has 10 atom stereocenters. The summed E-state index contributed by atoms with van der Waals surface area (Å²) in [5, 5.41) is 0. The molecule has 6 rings (SSSR count). The van der Waals surface area contributed by atoms with Gasteiger partial charge in [0.05, 0.1) is 0 Å². The molecule has 0 radical (unpaired) electrons. The van der Waals surface area contributed by atoms with E-state index in [0.717, 1.165) is 52.5 Å². The second-order valence-corrected chi connectivity index (χ2v) is 35.9. The van der Waals surface area contributed by atoms with Crippen molar-refractivity contribution < 1.29 is 20.8 Å². The van der Waals surface area contributed by atoms with E-state index in [1.165, 1.54) is 44.9 Å². The first-order chi connectivity index (χ1) is 20.1. The molecule has 4 aliphatic rings. The fourth-order valence-corrected chi connectivity index (χ4v) is 26.2. The fourth-order valence-electron chi connectivity index (χ4n) is 11.4. The Hall–Kier alpha value is 0.337. The van der Waals surface area contributed by atoms with Crippen LogP contribution in [0.2, 0.25) is 37.3 Å². The second kappa shape index (κ2) is 16.6. The van der Waals surface area contributed by atoms with Crippen molar-refractivity contribution in [3.63, 3.8) is 0 Å². The van der Waals surface area contributed by atoms with E-state index in [2.05, 4.69) is 101 Å². The third-order valence-corrected chi connectivity index (χ3v) is 34.5. The summed E-state index contributed by atoms with van der Waals surface area (Å²) >= 11 is -0.826. The quantitative estimate of drug-likeness (QED) is 0.195. The van der Waals surface area contributed by atoms with E-state index >= 15 is 0 Å². The van der Waals surface area contributed by atoms with Gasteiger partial charge >= 0.3 is 37.9 Å². The molecular weight excluding hydrogens is 687 g/mol. The average Bonchev–Trinajstić information content (AvgIpc) is 3.71. The van der Waals surface area contributed by atoms with Crippen LogP contribution in [-0.2, 0) is 20.8 Å². The number of halogens is 2. The van der Waals surface area contributed by atoms with E-state index < -0.39 is 36.0 Å². The Kier molecular flexibility index (Phi) is 14.7. The first-order valence-electron chi connectivity index (χ1n) is 17.2. The topological polar surface area (TPSA) is 0 Å². The summed E-state index contributed by atoms with van der Waals surface area (Å²) in [5.74, 6) is 7.37. The van der Waals surface area contributed by atoms with Crippen LogP contribution in [0, 0.1) is 50.4 Å². The van der Waals surface area contributed by atoms with Crippen LogP contribution < -0.4 is 0 Å². The SMILES string of the molecule is CC(CC1CCC([Si](C)(C)[Si](C)(C)C2C(C)CC3C2CC2CCCC2C3c2ccccc2)C1)c1ccccc1.[CH3-].[CH3-].[Cl][Zr+2][Cl]. The first-order valence-corrected chi connectivity index (χ1v) is 30.6. The van der Waals surface area contributed by atoms with Crippen molar-refractivity contribution in [3.8, 4) is 0 Å². The van der Waals surface area contributed by atoms with E-state index in [-0.39, 0.29) is 14.9 Å². The van der Waals surface area contributed by atoms with E-state index in [1.54, 1.807) is 24.0 Å². The second-order valence-electron chi connectivity index (χ2n) is 16.0. The van der Waals surface area contributed by atoms with Crippen LogP contribution in [0.3, 0.4) is 0 Å². The van der Waals surface area contributed by atoms with E-state index in [1.807, 2.05) is 0 Å². The van der Waals surface area contributed by atoms with E-state index in [0.29, 0.717) is 5.92 Å². The Bertz CT molecular complexity index is 1130. The fraction of sp³-hybridized carbons (Fsp3) is 0.641. The predicted octanol–water partition coefficient (Wildman–Crippen LogP) is 13.4. The van der Waals surface area contributed by atoms with Crippen molar-refractivity contribution in [2.45, 2.75) is 121 Å². The zero-order valence-electron chi connectivity index (χ0n) is 29.2. The van der Waals surface area contributed by atoms with Gasteiger partial charge in [0, 0.05) is 15.2 Å². The van der Waals surface area contributed by atoms with Crippen molar-refractivity contribution in [2.75, 3.05) is 0 Å². The molecule has 10 unspecified atom stereocenters. The molecular formula is C39H62Cl2Si2Zr. The summed E-state index contributed by atoms with van der Waals surface area (Å²) in [5.41, 5.74) is 5.36. The van der Waals surface area contributed by atoms with Gasteiger partial charge in [-0.25, -0.2) is 0 Å². The molecule has 0 saturated heterocycles. The van der Waals surface area contributed by atoms with Crippen LogP contribution in [0.15, 0.2) is 60.7 Å². The summed E-state index contributed by atoms with van der Waals surface area (Å²) in [7, 11) is 7.12. The first kappa shape index (κ1) is 38.8. The Morgan fingerprint density at radius 3 is 2.00 bits per heavy atom. The number of hydrogen-bond acceptors (Lipinski definition) is 0. The Morgan fingerprint density at radius 1 is 0.750 bits per heavy atom. The van der Waals surface area contributed by atoms with E-state index in [4.69, 9.17) is 17.0 Å². The van der Waals surface area contributed by atoms with Gasteiger partial charge in [-0.2, -0.15) is 0 Å². The van der Waals surface area contributed by atoms with Gasteiger partial charge in [0.25, 0.3) is 0 Å². The van der Waals surface area contributed by atoms with Gasteiger partial charge < -0.3 is 14.9 Å². The van der Waals surface area contributed by atoms with Gasteiger partial charge in [-0.05, 0) is 95.2 Å². The molecule has 4 aliphatic carbocycles. The van der Waals surface area contributed by atoms with Crippen molar-refractivity contribution in [3.05, 3.63) is 86.6 Å². The summed E-state index contributed by atoms with van der Waals surface area (Å²) < 4.78 is 0. The number of hydrogen-bond donors (Lipinski definition) is 0. The molecule has 244 valence electrons. The van der Waals surface area contributed by atoms with Crippen LogP contribution >= 0.6 is 17.0 Å². The monoisotopic (exact) mass is 746 g/mol. The normalized spacial score (nSPS) is 33.4. The number of fused-ring (bicyclic) bond motifs is 2. The van der Waals surface area contributed by atoms with Crippen molar-refractivity contribution >= 4 is 32.2 Å². The van der Waals surface area contributed by atoms with Crippen LogP contribution in [-0.4, -0.2) is 15.2 Å². The zero-order valence-corrected chi connectivity index (χ0v) is 35.1. The van der Waals surface area contributed by atoms with E-state index in [9.17, 15) is 0 Å². The average molecular weight is 749 g/mol. The van der Waals surface area contributed by atoms with Crippen molar-refractivity contribution in [2.24, 2.45) is 35.5 Å². The molecule has 0 spiro atoms. The predicted molar refractivity (Wildman–Crippen MR) is 199 cm³/mol. The number of benzene rings is 2. The van der Waals surface area contributed by atoms with Crippen LogP contribution in [0.4, 0.5) is 0 Å². The molecule has 0 nitrogen and oxygen atoms in total. The Morgan fingerprint density at radius 2 is 1.36 bits per heavy atom. The molecule has 4 fully saturated rings. The minimum absolute atomic E-state index is 0. The van der Waals surface area contributed by atoms with Gasteiger partial charge in [0.2, 0.25) is 0 Å². The van der Waals surface area contributed by atoms with Gasteiger partial charge in [-0.1, -0.05) is 133 Å². The van der Waals surface area contributed by atoms with Crippen LogP contribution in [0.5, 0.6) is 0 Å². The van der Waals surface area contributed by atoms with Crippen molar-refractivity contribution in [1.82, 2.24) is 0 Å². The third kappa shape index (κ3) is 7.79. The maximum absolute atomic E-state index is 4.93. The third-order valence-electron chi connectivity index (χ3n) is 13.8. The molecule has 0 aromatic heterocycles. The molecule has 4 saturated carbocycles. The zero-order chi connectivity index (χ0) is 30.1. The molecule has 5 heteroatoms. The molecule has 0 amide bonds. The minimum atomic E-state index is -1.40. The Balaban J connectivity index is 0.00000102. The van der Waals surface area contributed by atoms with Gasteiger partial charge in [-0.15, -0.1) is 0 Å². The Labute approximate surface area is 293 Å². The standard InChI is InChI=1S/C37H56Si2.2CH3.2ClH.Zr/c1-26(29-14-9-7-10-15-29)22-28-20-21-32(24-28)38(3,4)39(5,6)37-27(2)23-34-35(37)25-31-18-13-19-33(31)36(34)30-16-11-8-12-17-30;;;;;/h7-12,14-17,26-28,31-37H,13,18-25H2,1-6H3;2*1H3;2*1H;/q;2*-1;;;+4/p-2. The number of rotatable bonds is 7. The summed E-state index contributed by atoms with van der Waals surface area (Å²) in [6.45, 7) is 16.8. The molecule has 0 heterocycles. The molecule has 0 aliphatic heterocycles. The maximum atomic E-state index is 4.93. The van der Waals surface area contributed by atoms with Crippen LogP contribution in [0.25, 0.3) is 0 Å². The molecule has 0 N–H and O–H groups in total. The van der Waals surface area contributed by atoms with Gasteiger partial charge in [-0.3, -0.25) is 0 Å². The summed E-state index contributed by atoms with van der Waals surface area (Å²) in [6.07, 6.45) is 13.6. The summed E-state index contributed by atoms with van der Waals surface area (Å²) in [4.78, 5) is 0. The van der Waals surface area contributed by atoms with Gasteiger partial charge in [0.15, 0.2) is 0 Å². The molecule has 2 aromatic carbocycles. The molecule has 44 heavy (non-hydrogen) atoms. The van der Waals surface area contributed by atoms with Crippen molar-refractivity contribution in [1.29, 1.82) is 0 Å².